The van der Waals surface area contributed by atoms with Gasteiger partial charge in [-0.2, -0.15) is 0 Å². The van der Waals surface area contributed by atoms with Gasteiger partial charge in [0.15, 0.2) is 0 Å². The van der Waals surface area contributed by atoms with Gasteiger partial charge in [-0.3, -0.25) is 4.79 Å². The summed E-state index contributed by atoms with van der Waals surface area (Å²) in [6.07, 6.45) is 0. The molecule has 0 radical (unpaired) electrons. The summed E-state index contributed by atoms with van der Waals surface area (Å²) in [7, 11) is 1.98. The highest BCUT2D eigenvalue weighted by Crippen LogP contribution is 2.33. The fourth-order valence-corrected chi connectivity index (χ4v) is 2.96. The molecule has 0 saturated carbocycles. The molecule has 0 saturated heterocycles. The van der Waals surface area contributed by atoms with Crippen LogP contribution in [0.4, 0.5) is 0 Å². The number of carboxylic acids is 1. The van der Waals surface area contributed by atoms with Gasteiger partial charge in [0.1, 0.15) is 10.9 Å². The average Bonchev–Trinajstić information content (AvgIpc) is 2.74. The third-order valence-corrected chi connectivity index (χ3v) is 3.94. The number of carbonyl (C=O) groups is 1. The molecule has 1 heterocycles. The van der Waals surface area contributed by atoms with E-state index in [-0.39, 0.29) is 5.75 Å². The van der Waals surface area contributed by atoms with Crippen LogP contribution in [0.2, 0.25) is 0 Å². The van der Waals surface area contributed by atoms with Gasteiger partial charge in [0, 0.05) is 18.5 Å². The largest absolute Gasteiger partial charge is 0.481 e. The lowest BCUT2D eigenvalue weighted by atomic mass is 10.1. The van der Waals surface area contributed by atoms with E-state index in [9.17, 15) is 4.79 Å². The summed E-state index contributed by atoms with van der Waals surface area (Å²) in [5, 5.41) is 9.65. The van der Waals surface area contributed by atoms with E-state index in [2.05, 4.69) is 23.4 Å². The first-order valence-electron chi connectivity index (χ1n) is 6.47. The van der Waals surface area contributed by atoms with E-state index in [0.717, 1.165) is 22.1 Å². The number of carboxylic acid groups (broad SMARTS) is 1. The molecule has 4 nitrogen and oxygen atoms in total. The molecule has 2 rings (SSSR count). The predicted octanol–water partition coefficient (Wildman–Crippen LogP) is 3.39. The quantitative estimate of drug-likeness (QED) is 0.858. The molecule has 5 heteroatoms. The van der Waals surface area contributed by atoms with Crippen LogP contribution in [0.25, 0.3) is 11.3 Å². The maximum absolute atomic E-state index is 10.8. The Morgan fingerprint density at radius 1 is 1.35 bits per heavy atom. The first kappa shape index (κ1) is 14.7. The lowest BCUT2D eigenvalue weighted by Crippen LogP contribution is -2.01. The Kier molecular flexibility index (Phi) is 4.49. The third-order valence-electron chi connectivity index (χ3n) is 2.99. The molecule has 1 aromatic heterocycles. The second kappa shape index (κ2) is 6.13. The summed E-state index contributed by atoms with van der Waals surface area (Å²) in [6.45, 7) is 4.17. The number of aromatic nitrogens is 2. The topological polar surface area (TPSA) is 55.1 Å². The van der Waals surface area contributed by atoms with Gasteiger partial charge in [-0.15, -0.1) is 0 Å². The van der Waals surface area contributed by atoms with Gasteiger partial charge >= 0.3 is 5.97 Å². The molecular weight excluding hydrogens is 272 g/mol. The lowest BCUT2D eigenvalue weighted by molar-refractivity contribution is -0.133. The molecule has 0 aliphatic heterocycles. The summed E-state index contributed by atoms with van der Waals surface area (Å²) in [5.41, 5.74) is 2.04. The van der Waals surface area contributed by atoms with Gasteiger partial charge in [0.05, 0.1) is 11.4 Å². The maximum Gasteiger partial charge on any atom is 0.313 e. The van der Waals surface area contributed by atoms with Gasteiger partial charge in [-0.25, -0.2) is 4.98 Å². The lowest BCUT2D eigenvalue weighted by Gasteiger charge is -2.08. The van der Waals surface area contributed by atoms with Gasteiger partial charge < -0.3 is 9.67 Å². The SMILES string of the molecule is CC(C)c1nc(SCC(=O)O)c(-c2ccccc2)n1C. The Morgan fingerprint density at radius 3 is 2.55 bits per heavy atom. The van der Waals surface area contributed by atoms with Crippen LogP contribution in [0.1, 0.15) is 25.6 Å². The van der Waals surface area contributed by atoms with Crippen LogP contribution in [-0.4, -0.2) is 26.4 Å². The zero-order chi connectivity index (χ0) is 14.7. The number of rotatable bonds is 5. The van der Waals surface area contributed by atoms with E-state index < -0.39 is 5.97 Å². The highest BCUT2D eigenvalue weighted by atomic mass is 32.2. The summed E-state index contributed by atoms with van der Waals surface area (Å²) < 4.78 is 2.06. The van der Waals surface area contributed by atoms with Crippen LogP contribution in [0.15, 0.2) is 35.4 Å². The first-order valence-corrected chi connectivity index (χ1v) is 7.46. The Balaban J connectivity index is 2.49. The number of imidazole rings is 1. The second-order valence-corrected chi connectivity index (χ2v) is 5.85. The van der Waals surface area contributed by atoms with Crippen molar-refractivity contribution in [2.24, 2.45) is 7.05 Å². The Morgan fingerprint density at radius 2 is 2.00 bits per heavy atom. The predicted molar refractivity (Wildman–Crippen MR) is 81.1 cm³/mol. The van der Waals surface area contributed by atoms with E-state index in [1.807, 2.05) is 37.4 Å². The number of thioether (sulfide) groups is 1. The molecule has 106 valence electrons. The summed E-state index contributed by atoms with van der Waals surface area (Å²) in [6, 6.07) is 9.96. The van der Waals surface area contributed by atoms with E-state index in [1.165, 1.54) is 11.8 Å². The smallest absolute Gasteiger partial charge is 0.313 e. The normalized spacial score (nSPS) is 11.0. The van der Waals surface area contributed by atoms with E-state index >= 15 is 0 Å². The fourth-order valence-electron chi connectivity index (χ4n) is 2.15. The van der Waals surface area contributed by atoms with Crippen molar-refractivity contribution in [1.29, 1.82) is 0 Å². The number of hydrogen-bond acceptors (Lipinski definition) is 3. The molecule has 0 unspecified atom stereocenters. The Hall–Kier alpha value is -1.75. The van der Waals surface area contributed by atoms with Crippen molar-refractivity contribution >= 4 is 17.7 Å². The Labute approximate surface area is 122 Å². The molecule has 0 amide bonds. The van der Waals surface area contributed by atoms with Gasteiger partial charge in [-0.1, -0.05) is 55.9 Å². The van der Waals surface area contributed by atoms with Crippen molar-refractivity contribution < 1.29 is 9.90 Å². The number of hydrogen-bond donors (Lipinski definition) is 1. The average molecular weight is 290 g/mol. The van der Waals surface area contributed by atoms with Crippen molar-refractivity contribution in [2.45, 2.75) is 24.8 Å². The molecule has 0 spiro atoms. The molecule has 2 aromatic rings. The van der Waals surface area contributed by atoms with Crippen LogP contribution in [0.5, 0.6) is 0 Å². The van der Waals surface area contributed by atoms with Crippen molar-refractivity contribution in [3.05, 3.63) is 36.2 Å². The van der Waals surface area contributed by atoms with Crippen LogP contribution >= 0.6 is 11.8 Å². The van der Waals surface area contributed by atoms with E-state index in [4.69, 9.17) is 5.11 Å². The van der Waals surface area contributed by atoms with Crippen LogP contribution in [-0.2, 0) is 11.8 Å². The maximum atomic E-state index is 10.8. The molecule has 0 bridgehead atoms. The highest BCUT2D eigenvalue weighted by molar-refractivity contribution is 8.00. The van der Waals surface area contributed by atoms with Gasteiger partial charge in [-0.05, 0) is 0 Å². The summed E-state index contributed by atoms with van der Waals surface area (Å²) in [5.74, 6) is 0.457. The van der Waals surface area contributed by atoms with Gasteiger partial charge in [0.25, 0.3) is 0 Å². The Bertz CT molecular complexity index is 606. The third kappa shape index (κ3) is 3.04. The number of benzene rings is 1. The fraction of sp³-hybridized carbons (Fsp3) is 0.333. The minimum absolute atomic E-state index is 0.0222. The van der Waals surface area contributed by atoms with Crippen molar-refractivity contribution in [3.8, 4) is 11.3 Å². The zero-order valence-corrected chi connectivity index (χ0v) is 12.6. The standard InChI is InChI=1S/C15H18N2O2S/c1-10(2)14-16-15(20-9-12(18)19)13(17(14)3)11-7-5-4-6-8-11/h4-8,10H,9H2,1-3H3,(H,18,19). The van der Waals surface area contributed by atoms with E-state index in [1.54, 1.807) is 0 Å². The monoisotopic (exact) mass is 290 g/mol. The number of aliphatic carboxylic acids is 1. The van der Waals surface area contributed by atoms with Crippen LogP contribution < -0.4 is 0 Å². The van der Waals surface area contributed by atoms with Crippen molar-refractivity contribution in [1.82, 2.24) is 9.55 Å². The van der Waals surface area contributed by atoms with Crippen molar-refractivity contribution in [2.75, 3.05) is 5.75 Å². The van der Waals surface area contributed by atoms with E-state index in [0.29, 0.717) is 5.92 Å². The summed E-state index contributed by atoms with van der Waals surface area (Å²) >= 11 is 1.27. The molecule has 0 fully saturated rings. The minimum Gasteiger partial charge on any atom is -0.481 e. The van der Waals surface area contributed by atoms with Gasteiger partial charge in [0.2, 0.25) is 0 Å². The zero-order valence-electron chi connectivity index (χ0n) is 11.8. The summed E-state index contributed by atoms with van der Waals surface area (Å²) in [4.78, 5) is 15.4. The molecule has 1 N–H and O–H groups in total. The molecule has 0 atom stereocenters. The molecule has 20 heavy (non-hydrogen) atoms. The molecule has 1 aromatic carbocycles. The van der Waals surface area contributed by atoms with Crippen LogP contribution in [0.3, 0.4) is 0 Å². The highest BCUT2D eigenvalue weighted by Gasteiger charge is 2.19. The molecular formula is C15H18N2O2S. The second-order valence-electron chi connectivity index (χ2n) is 4.89. The minimum atomic E-state index is -0.828. The first-order chi connectivity index (χ1) is 9.50. The van der Waals surface area contributed by atoms with Crippen molar-refractivity contribution in [3.63, 3.8) is 0 Å². The van der Waals surface area contributed by atoms with Crippen LogP contribution in [0, 0.1) is 0 Å². The number of nitrogens with zero attached hydrogens (tertiary/aromatic N) is 2. The molecule has 0 aliphatic rings. The molecule has 0 aliphatic carbocycles.